The number of pyridine rings is 1. The van der Waals surface area contributed by atoms with E-state index in [-0.39, 0.29) is 11.8 Å². The summed E-state index contributed by atoms with van der Waals surface area (Å²) in [5.41, 5.74) is 6.49. The van der Waals surface area contributed by atoms with Crippen molar-refractivity contribution in [3.05, 3.63) is 114 Å². The Morgan fingerprint density at radius 2 is 1.69 bits per heavy atom. The van der Waals surface area contributed by atoms with Crippen molar-refractivity contribution in [2.24, 2.45) is 0 Å². The maximum atomic E-state index is 9.70. The molecule has 29 heavy (non-hydrogen) atoms. The van der Waals surface area contributed by atoms with E-state index >= 15 is 0 Å². The molecule has 0 unspecified atom stereocenters. The van der Waals surface area contributed by atoms with Gasteiger partial charge in [-0.2, -0.15) is 0 Å². The third-order valence-electron chi connectivity index (χ3n) is 5.02. The predicted molar refractivity (Wildman–Crippen MR) is 121 cm³/mol. The smallest absolute Gasteiger partial charge is 0.115 e. The Hall–Kier alpha value is -3.33. The molecule has 0 saturated carbocycles. The van der Waals surface area contributed by atoms with Gasteiger partial charge in [-0.3, -0.25) is 4.98 Å². The number of phenols is 1. The Kier molecular flexibility index (Phi) is 6.50. The van der Waals surface area contributed by atoms with E-state index in [4.69, 9.17) is 0 Å². The highest BCUT2D eigenvalue weighted by Gasteiger charge is 2.12. The fraction of sp³-hybridized carbons (Fsp3) is 0.192. The molecule has 0 aliphatic heterocycles. The number of hydrogen-bond donors (Lipinski definition) is 1. The number of aromatic nitrogens is 1. The van der Waals surface area contributed by atoms with Gasteiger partial charge in [0.05, 0.1) is 6.04 Å². The van der Waals surface area contributed by atoms with Crippen molar-refractivity contribution in [2.75, 3.05) is 7.05 Å². The van der Waals surface area contributed by atoms with E-state index in [9.17, 15) is 5.11 Å². The number of benzene rings is 2. The molecular weight excluding hydrogens is 356 g/mol. The van der Waals surface area contributed by atoms with Gasteiger partial charge < -0.3 is 10.0 Å². The topological polar surface area (TPSA) is 36.4 Å². The van der Waals surface area contributed by atoms with Gasteiger partial charge in [-0.15, -0.1) is 0 Å². The molecule has 3 rings (SSSR count). The molecule has 3 aromatic rings. The second kappa shape index (κ2) is 9.24. The molecule has 0 aliphatic carbocycles. The number of allylic oxidation sites excluding steroid dienone is 1. The third-order valence-corrected chi connectivity index (χ3v) is 5.02. The van der Waals surface area contributed by atoms with E-state index in [1.807, 2.05) is 31.3 Å². The summed E-state index contributed by atoms with van der Waals surface area (Å²) in [7, 11) is 2.08. The molecule has 0 saturated heterocycles. The number of rotatable bonds is 7. The minimum Gasteiger partial charge on any atom is -0.508 e. The van der Waals surface area contributed by atoms with Crippen LogP contribution in [-0.4, -0.2) is 22.0 Å². The van der Waals surface area contributed by atoms with Gasteiger partial charge in [0.1, 0.15) is 5.75 Å². The highest BCUT2D eigenvalue weighted by Crippen LogP contribution is 2.28. The van der Waals surface area contributed by atoms with Crippen LogP contribution in [0, 0.1) is 0 Å². The van der Waals surface area contributed by atoms with Crippen molar-refractivity contribution in [1.29, 1.82) is 0 Å². The zero-order valence-corrected chi connectivity index (χ0v) is 17.3. The van der Waals surface area contributed by atoms with Gasteiger partial charge in [-0.1, -0.05) is 60.7 Å². The Balaban J connectivity index is 1.97. The highest BCUT2D eigenvalue weighted by atomic mass is 16.3. The molecule has 0 fully saturated rings. The molecule has 0 amide bonds. The lowest BCUT2D eigenvalue weighted by Gasteiger charge is -2.25. The Labute approximate surface area is 173 Å². The van der Waals surface area contributed by atoms with Crippen LogP contribution in [0.3, 0.4) is 0 Å². The predicted octanol–water partition coefficient (Wildman–Crippen LogP) is 5.99. The van der Waals surface area contributed by atoms with Gasteiger partial charge in [0.15, 0.2) is 0 Å². The molecule has 0 radical (unpaired) electrons. The molecule has 1 atom stereocenters. The van der Waals surface area contributed by atoms with Crippen LogP contribution in [0.1, 0.15) is 42.3 Å². The Morgan fingerprint density at radius 3 is 2.28 bits per heavy atom. The standard InChI is InChI=1S/C26H28N2O/c1-19(2)16-24-13-10-23(17-27-24)26(22-11-14-25(29)15-12-22)18-28(4)20(3)21-8-6-5-7-9-21/h5-15,17-18,20,29H,1,16H2,2-4H3/b26-18-/t20-/m1/s1. The molecule has 3 heteroatoms. The maximum absolute atomic E-state index is 9.70. The fourth-order valence-corrected chi connectivity index (χ4v) is 3.24. The van der Waals surface area contributed by atoms with E-state index in [2.05, 4.69) is 73.0 Å². The van der Waals surface area contributed by atoms with Crippen molar-refractivity contribution in [3.63, 3.8) is 0 Å². The summed E-state index contributed by atoms with van der Waals surface area (Å²) >= 11 is 0. The van der Waals surface area contributed by atoms with E-state index in [1.54, 1.807) is 12.1 Å². The third kappa shape index (κ3) is 5.35. The minimum atomic E-state index is 0.221. The molecule has 0 aliphatic rings. The zero-order valence-electron chi connectivity index (χ0n) is 17.3. The van der Waals surface area contributed by atoms with Crippen LogP contribution in [0.5, 0.6) is 5.75 Å². The van der Waals surface area contributed by atoms with Crippen molar-refractivity contribution < 1.29 is 5.11 Å². The van der Waals surface area contributed by atoms with Crippen LogP contribution in [0.15, 0.2) is 91.3 Å². The molecule has 1 N–H and O–H groups in total. The molecular formula is C26H28N2O. The van der Waals surface area contributed by atoms with Gasteiger partial charge in [0.25, 0.3) is 0 Å². The first-order valence-electron chi connectivity index (χ1n) is 9.82. The van der Waals surface area contributed by atoms with Crippen LogP contribution in [0.2, 0.25) is 0 Å². The number of nitrogens with zero attached hydrogens (tertiary/aromatic N) is 2. The first-order chi connectivity index (χ1) is 13.9. The molecule has 3 nitrogen and oxygen atoms in total. The Morgan fingerprint density at radius 1 is 1.03 bits per heavy atom. The largest absolute Gasteiger partial charge is 0.508 e. The lowest BCUT2D eigenvalue weighted by Crippen LogP contribution is -2.17. The molecule has 2 aromatic carbocycles. The van der Waals surface area contributed by atoms with Crippen molar-refractivity contribution in [1.82, 2.24) is 9.88 Å². The summed E-state index contributed by atoms with van der Waals surface area (Å²) in [4.78, 5) is 6.83. The Bertz CT molecular complexity index is 973. The SMILES string of the molecule is C=C(C)Cc1ccc(/C(=C\N(C)[C@H](C)c2ccccc2)c2ccc(O)cc2)cn1. The van der Waals surface area contributed by atoms with E-state index in [0.717, 1.165) is 34.4 Å². The maximum Gasteiger partial charge on any atom is 0.115 e. The van der Waals surface area contributed by atoms with Crippen LogP contribution in [0.4, 0.5) is 0 Å². The molecule has 148 valence electrons. The van der Waals surface area contributed by atoms with Crippen molar-refractivity contribution in [2.45, 2.75) is 26.3 Å². The second-order valence-electron chi connectivity index (χ2n) is 7.51. The van der Waals surface area contributed by atoms with Crippen LogP contribution in [-0.2, 0) is 6.42 Å². The molecule has 0 bridgehead atoms. The zero-order chi connectivity index (χ0) is 20.8. The summed E-state index contributed by atoms with van der Waals surface area (Å²) in [6.45, 7) is 8.17. The minimum absolute atomic E-state index is 0.221. The van der Waals surface area contributed by atoms with Gasteiger partial charge >= 0.3 is 0 Å². The molecule has 1 heterocycles. The van der Waals surface area contributed by atoms with Crippen molar-refractivity contribution >= 4 is 5.57 Å². The average molecular weight is 385 g/mol. The summed E-state index contributed by atoms with van der Waals surface area (Å²) in [5.74, 6) is 0.258. The van der Waals surface area contributed by atoms with Crippen LogP contribution >= 0.6 is 0 Å². The lowest BCUT2D eigenvalue weighted by atomic mass is 9.98. The van der Waals surface area contributed by atoms with Gasteiger partial charge in [0.2, 0.25) is 0 Å². The van der Waals surface area contributed by atoms with Gasteiger partial charge in [-0.25, -0.2) is 0 Å². The first kappa shape index (κ1) is 20.4. The normalized spacial score (nSPS) is 12.4. The number of phenolic OH excluding ortho intramolecular Hbond substituents is 1. The number of aromatic hydroxyl groups is 1. The molecule has 1 aromatic heterocycles. The summed E-state index contributed by atoms with van der Waals surface area (Å²) in [5, 5.41) is 9.70. The van der Waals surface area contributed by atoms with Crippen molar-refractivity contribution in [3.8, 4) is 5.75 Å². The van der Waals surface area contributed by atoms with E-state index in [1.165, 1.54) is 5.56 Å². The lowest BCUT2D eigenvalue weighted by molar-refractivity contribution is 0.362. The highest BCUT2D eigenvalue weighted by molar-refractivity contribution is 5.79. The van der Waals surface area contributed by atoms with Gasteiger partial charge in [-0.05, 0) is 43.2 Å². The monoisotopic (exact) mass is 384 g/mol. The van der Waals surface area contributed by atoms with Gasteiger partial charge in [0, 0.05) is 42.7 Å². The second-order valence-corrected chi connectivity index (χ2v) is 7.51. The summed E-state index contributed by atoms with van der Waals surface area (Å²) in [6, 6.07) is 22.1. The summed E-state index contributed by atoms with van der Waals surface area (Å²) in [6.07, 6.45) is 4.85. The van der Waals surface area contributed by atoms with Crippen LogP contribution in [0.25, 0.3) is 5.57 Å². The molecule has 0 spiro atoms. The summed E-state index contributed by atoms with van der Waals surface area (Å²) < 4.78 is 0. The number of hydrogen-bond acceptors (Lipinski definition) is 3. The van der Waals surface area contributed by atoms with E-state index in [0.29, 0.717) is 0 Å². The quantitative estimate of drug-likeness (QED) is 0.509. The van der Waals surface area contributed by atoms with E-state index < -0.39 is 0 Å². The first-order valence-corrected chi connectivity index (χ1v) is 9.82. The fourth-order valence-electron chi connectivity index (χ4n) is 3.24. The van der Waals surface area contributed by atoms with Crippen LogP contribution < -0.4 is 0 Å². The average Bonchev–Trinajstić information content (AvgIpc) is 2.73.